The number of hydrogen-bond acceptors (Lipinski definition) is 5. The quantitative estimate of drug-likeness (QED) is 0.663. The van der Waals surface area contributed by atoms with Gasteiger partial charge in [0, 0.05) is 44.5 Å². The topological polar surface area (TPSA) is 71.1 Å². The van der Waals surface area contributed by atoms with E-state index in [1.165, 1.54) is 13.2 Å². The van der Waals surface area contributed by atoms with Crippen LogP contribution in [0.4, 0.5) is 22.1 Å². The first kappa shape index (κ1) is 25.1. The predicted octanol–water partition coefficient (Wildman–Crippen LogP) is 3.83. The maximum Gasteiger partial charge on any atom is 0.408 e. The van der Waals surface area contributed by atoms with Crippen molar-refractivity contribution in [2.75, 3.05) is 44.8 Å². The summed E-state index contributed by atoms with van der Waals surface area (Å²) in [6.45, 7) is 6.96. The molecule has 7 nitrogen and oxygen atoms in total. The monoisotopic (exact) mass is 465 g/mol. The van der Waals surface area contributed by atoms with Crippen LogP contribution < -0.4 is 10.2 Å². The lowest BCUT2D eigenvalue weighted by Gasteiger charge is -2.37. The smallest absolute Gasteiger partial charge is 0.408 e. The summed E-state index contributed by atoms with van der Waals surface area (Å²) in [4.78, 5) is 28.4. The number of anilines is 1. The molecular weight excluding hydrogens is 435 g/mol. The Morgan fingerprint density at radius 3 is 2.35 bits per heavy atom. The number of nitrogens with one attached hydrogen (secondary N) is 1. The lowest BCUT2D eigenvalue weighted by molar-refractivity contribution is -0.143. The Kier molecular flexibility index (Phi) is 8.47. The summed E-state index contributed by atoms with van der Waals surface area (Å²) in [7, 11) is 1.42. The molecule has 1 heterocycles. The summed E-state index contributed by atoms with van der Waals surface area (Å²) in [5.41, 5.74) is 0.422. The molecule has 176 valence electrons. The van der Waals surface area contributed by atoms with E-state index in [0.717, 1.165) is 0 Å². The molecule has 0 saturated carbocycles. The average Bonchev–Trinajstić information content (AvgIpc) is 2.64. The van der Waals surface area contributed by atoms with E-state index in [1.807, 2.05) is 4.90 Å². The van der Waals surface area contributed by atoms with Gasteiger partial charge in [-0.3, -0.25) is 4.79 Å². The van der Waals surface area contributed by atoms with E-state index < -0.39 is 34.7 Å². The highest BCUT2D eigenvalue weighted by molar-refractivity contribution is 8.20. The van der Waals surface area contributed by atoms with E-state index in [2.05, 4.69) is 5.32 Å². The van der Waals surface area contributed by atoms with E-state index in [1.54, 1.807) is 43.9 Å². The third kappa shape index (κ3) is 8.48. The molecule has 1 aliphatic rings. The maximum atomic E-state index is 12.8. The van der Waals surface area contributed by atoms with Gasteiger partial charge in [-0.25, -0.2) is 4.79 Å². The predicted molar refractivity (Wildman–Crippen MR) is 115 cm³/mol. The van der Waals surface area contributed by atoms with Gasteiger partial charge in [-0.1, -0.05) is 12.1 Å². The van der Waals surface area contributed by atoms with E-state index in [9.17, 15) is 21.2 Å². The van der Waals surface area contributed by atoms with E-state index in [0.29, 0.717) is 31.9 Å². The summed E-state index contributed by atoms with van der Waals surface area (Å²) in [5, 5.41) is 2.64. The molecule has 2 amide bonds. The van der Waals surface area contributed by atoms with Gasteiger partial charge in [0.15, 0.2) is 0 Å². The number of piperazine rings is 1. The first-order valence-electron chi connectivity index (χ1n) is 9.88. The molecule has 1 N–H and O–H groups in total. The van der Waals surface area contributed by atoms with Crippen LogP contribution in [0.5, 0.6) is 0 Å². The lowest BCUT2D eigenvalue weighted by Crippen LogP contribution is -2.54. The first-order chi connectivity index (χ1) is 14.4. The fourth-order valence-electron chi connectivity index (χ4n) is 3.19. The van der Waals surface area contributed by atoms with Crippen LogP contribution in [0, 0.1) is 0 Å². The van der Waals surface area contributed by atoms with Gasteiger partial charge in [0.2, 0.25) is 17.3 Å². The van der Waals surface area contributed by atoms with Crippen LogP contribution in [-0.4, -0.2) is 68.4 Å². The zero-order valence-corrected chi connectivity index (χ0v) is 19.0. The van der Waals surface area contributed by atoms with Crippen molar-refractivity contribution >= 4 is 28.9 Å². The van der Waals surface area contributed by atoms with E-state index in [-0.39, 0.29) is 18.1 Å². The first-order valence-corrected chi connectivity index (χ1v) is 11.4. The fourth-order valence-corrected chi connectivity index (χ4v) is 3.75. The Morgan fingerprint density at radius 1 is 1.16 bits per heavy atom. The van der Waals surface area contributed by atoms with Gasteiger partial charge < -0.3 is 24.6 Å². The SMILES string of the molecule is COC[C@@H](OC(=O)NC(C)(C)C)C(=O)N1CCN(c2cccc(CS(F)(F)F)c2)CC1. The van der Waals surface area contributed by atoms with Crippen molar-refractivity contribution in [3.05, 3.63) is 29.8 Å². The second-order valence-corrected chi connectivity index (χ2v) is 9.65. The number of hydrogen-bond donors (Lipinski definition) is 1. The van der Waals surface area contributed by atoms with Crippen LogP contribution in [-0.2, 0) is 20.0 Å². The summed E-state index contributed by atoms with van der Waals surface area (Å²) < 4.78 is 48.6. The summed E-state index contributed by atoms with van der Waals surface area (Å²) in [6, 6.07) is 6.40. The Morgan fingerprint density at radius 2 is 1.81 bits per heavy atom. The van der Waals surface area contributed by atoms with Gasteiger partial charge >= 0.3 is 6.09 Å². The number of alkyl carbamates (subject to hydrolysis) is 1. The van der Waals surface area contributed by atoms with Gasteiger partial charge in [0.1, 0.15) is 0 Å². The molecule has 1 saturated heterocycles. The minimum atomic E-state index is -5.11. The van der Waals surface area contributed by atoms with Crippen LogP contribution in [0.25, 0.3) is 0 Å². The lowest BCUT2D eigenvalue weighted by atomic mass is 10.1. The molecule has 2 rings (SSSR count). The number of ether oxygens (including phenoxy) is 2. The van der Waals surface area contributed by atoms with Gasteiger partial charge in [-0.2, -0.15) is 0 Å². The molecular formula is C20H30F3N3O4S. The number of rotatable bonds is 7. The van der Waals surface area contributed by atoms with Gasteiger partial charge in [0.05, 0.1) is 12.4 Å². The molecule has 0 unspecified atom stereocenters. The minimum absolute atomic E-state index is 0.0710. The molecule has 1 aromatic carbocycles. The highest BCUT2D eigenvalue weighted by Gasteiger charge is 2.31. The standard InChI is InChI=1S/C20H30F3N3O4S/c1-20(2,3)24-19(28)30-17(13-29-4)18(27)26-10-8-25(9-11-26)16-7-5-6-15(12-16)14-31(21,22)23/h5-7,12,17H,8-11,13-14H2,1-4H3,(H,24,28)/t17-/m1/s1. The minimum Gasteiger partial charge on any atom is -0.434 e. The normalized spacial score (nSPS) is 16.6. The molecule has 0 radical (unpaired) electrons. The third-order valence-electron chi connectivity index (χ3n) is 4.52. The molecule has 0 aromatic heterocycles. The Hall–Kier alpha value is -2.14. The summed E-state index contributed by atoms with van der Waals surface area (Å²) in [5.74, 6) is -1.26. The van der Waals surface area contributed by atoms with Crippen LogP contribution in [0.3, 0.4) is 0 Å². The largest absolute Gasteiger partial charge is 0.434 e. The zero-order valence-electron chi connectivity index (χ0n) is 18.2. The van der Waals surface area contributed by atoms with Crippen molar-refractivity contribution in [2.24, 2.45) is 0 Å². The van der Waals surface area contributed by atoms with E-state index >= 15 is 0 Å². The highest BCUT2D eigenvalue weighted by atomic mass is 32.3. The van der Waals surface area contributed by atoms with Crippen LogP contribution in [0.15, 0.2) is 24.3 Å². The second kappa shape index (κ2) is 10.4. The number of methoxy groups -OCH3 is 1. The van der Waals surface area contributed by atoms with Crippen LogP contribution >= 0.6 is 11.2 Å². The average molecular weight is 466 g/mol. The number of halogens is 3. The van der Waals surface area contributed by atoms with Crippen LogP contribution in [0.2, 0.25) is 0 Å². The number of amides is 2. The third-order valence-corrected chi connectivity index (χ3v) is 5.18. The number of carbonyl (C=O) groups excluding carboxylic acids is 2. The Labute approximate surface area is 183 Å². The van der Waals surface area contributed by atoms with Crippen molar-refractivity contribution in [1.82, 2.24) is 10.2 Å². The summed E-state index contributed by atoms with van der Waals surface area (Å²) in [6.07, 6.45) is -1.78. The zero-order chi connectivity index (χ0) is 23.2. The van der Waals surface area contributed by atoms with Crippen molar-refractivity contribution in [2.45, 2.75) is 38.2 Å². The Balaban J connectivity index is 1.96. The van der Waals surface area contributed by atoms with Crippen molar-refractivity contribution in [3.8, 4) is 0 Å². The molecule has 31 heavy (non-hydrogen) atoms. The molecule has 0 aliphatic carbocycles. The van der Waals surface area contributed by atoms with Crippen LogP contribution in [0.1, 0.15) is 26.3 Å². The highest BCUT2D eigenvalue weighted by Crippen LogP contribution is 2.56. The maximum absolute atomic E-state index is 12.8. The fraction of sp³-hybridized carbons (Fsp3) is 0.600. The molecule has 0 spiro atoms. The summed E-state index contributed by atoms with van der Waals surface area (Å²) >= 11 is -5.11. The molecule has 1 aromatic rings. The Bertz CT molecular complexity index is 763. The molecule has 0 bridgehead atoms. The van der Waals surface area contributed by atoms with Crippen molar-refractivity contribution in [3.63, 3.8) is 0 Å². The van der Waals surface area contributed by atoms with Crippen molar-refractivity contribution < 1.29 is 30.7 Å². The second-order valence-electron chi connectivity index (χ2n) is 8.35. The number of carbonyl (C=O) groups is 2. The molecule has 11 heteroatoms. The molecule has 1 aliphatic heterocycles. The van der Waals surface area contributed by atoms with Gasteiger partial charge in [-0.15, -0.1) is 11.7 Å². The number of benzene rings is 1. The molecule has 1 fully saturated rings. The van der Waals surface area contributed by atoms with Gasteiger partial charge in [0.25, 0.3) is 5.91 Å². The molecule has 1 atom stereocenters. The van der Waals surface area contributed by atoms with Gasteiger partial charge in [-0.05, 0) is 38.5 Å². The number of nitrogens with zero attached hydrogens (tertiary/aromatic N) is 2. The van der Waals surface area contributed by atoms with E-state index in [4.69, 9.17) is 9.47 Å². The van der Waals surface area contributed by atoms with Crippen molar-refractivity contribution in [1.29, 1.82) is 0 Å².